The van der Waals surface area contributed by atoms with E-state index < -0.39 is 0 Å². The van der Waals surface area contributed by atoms with Crippen LogP contribution in [0.15, 0.2) is 4.99 Å². The van der Waals surface area contributed by atoms with Gasteiger partial charge in [0.15, 0.2) is 5.96 Å². The third-order valence-corrected chi connectivity index (χ3v) is 3.52. The molecular formula is C11H23N3S. The minimum atomic E-state index is 0.631. The van der Waals surface area contributed by atoms with Gasteiger partial charge in [-0.05, 0) is 43.6 Å². The average molecular weight is 229 g/mol. The first kappa shape index (κ1) is 12.7. The van der Waals surface area contributed by atoms with Crippen molar-refractivity contribution in [1.29, 1.82) is 0 Å². The van der Waals surface area contributed by atoms with Crippen LogP contribution in [0.2, 0.25) is 0 Å². The fourth-order valence-corrected chi connectivity index (χ4v) is 2.04. The maximum Gasteiger partial charge on any atom is 0.188 e. The van der Waals surface area contributed by atoms with E-state index in [0.717, 1.165) is 19.0 Å². The van der Waals surface area contributed by atoms with E-state index in [2.05, 4.69) is 16.6 Å². The second-order valence-electron chi connectivity index (χ2n) is 4.15. The smallest absolute Gasteiger partial charge is 0.188 e. The standard InChI is InChI=1S/C11H23N3S/c1-15-8-3-2-7-13-11(12)14-9-10-5-4-6-10/h10H,2-9H2,1H3,(H3,12,13,14). The van der Waals surface area contributed by atoms with Crippen molar-refractivity contribution in [1.82, 2.24) is 5.32 Å². The molecule has 4 heteroatoms. The number of rotatable bonds is 7. The first-order valence-electron chi connectivity index (χ1n) is 5.85. The number of guanidine groups is 1. The van der Waals surface area contributed by atoms with Crippen molar-refractivity contribution in [2.24, 2.45) is 16.6 Å². The third-order valence-electron chi connectivity index (χ3n) is 2.83. The number of nitrogens with one attached hydrogen (secondary N) is 1. The van der Waals surface area contributed by atoms with E-state index in [-0.39, 0.29) is 0 Å². The fourth-order valence-electron chi connectivity index (χ4n) is 1.55. The lowest BCUT2D eigenvalue weighted by Gasteiger charge is -2.23. The van der Waals surface area contributed by atoms with Gasteiger partial charge in [-0.2, -0.15) is 11.8 Å². The largest absolute Gasteiger partial charge is 0.370 e. The number of aliphatic imine (C=N–C) groups is 1. The normalized spacial score (nSPS) is 17.5. The summed E-state index contributed by atoms with van der Waals surface area (Å²) in [5, 5.41) is 3.16. The van der Waals surface area contributed by atoms with Gasteiger partial charge in [0.1, 0.15) is 0 Å². The number of hydrogen-bond donors (Lipinski definition) is 2. The Balaban J connectivity index is 1.94. The lowest BCUT2D eigenvalue weighted by Crippen LogP contribution is -2.33. The van der Waals surface area contributed by atoms with Crippen LogP contribution in [0.4, 0.5) is 0 Å². The zero-order chi connectivity index (χ0) is 10.9. The molecule has 15 heavy (non-hydrogen) atoms. The first-order chi connectivity index (χ1) is 7.33. The molecule has 0 aromatic heterocycles. The van der Waals surface area contributed by atoms with Crippen molar-refractivity contribution in [2.75, 3.05) is 25.1 Å². The molecule has 1 fully saturated rings. The summed E-state index contributed by atoms with van der Waals surface area (Å²) in [5.74, 6) is 2.67. The van der Waals surface area contributed by atoms with Crippen LogP contribution in [-0.2, 0) is 0 Å². The molecule has 1 aliphatic carbocycles. The number of hydrogen-bond acceptors (Lipinski definition) is 2. The van der Waals surface area contributed by atoms with E-state index in [4.69, 9.17) is 5.73 Å². The highest BCUT2D eigenvalue weighted by Crippen LogP contribution is 2.26. The van der Waals surface area contributed by atoms with E-state index in [1.807, 2.05) is 11.8 Å². The van der Waals surface area contributed by atoms with Crippen LogP contribution in [0.25, 0.3) is 0 Å². The van der Waals surface area contributed by atoms with E-state index in [9.17, 15) is 0 Å². The molecule has 88 valence electrons. The Morgan fingerprint density at radius 2 is 2.27 bits per heavy atom. The predicted octanol–water partition coefficient (Wildman–Crippen LogP) is 1.83. The Morgan fingerprint density at radius 3 is 2.87 bits per heavy atom. The van der Waals surface area contributed by atoms with Crippen LogP contribution in [0, 0.1) is 5.92 Å². The Bertz CT molecular complexity index is 190. The quantitative estimate of drug-likeness (QED) is 0.398. The molecule has 3 N–H and O–H groups in total. The van der Waals surface area contributed by atoms with Crippen LogP contribution >= 0.6 is 11.8 Å². The van der Waals surface area contributed by atoms with Crippen molar-refractivity contribution in [3.8, 4) is 0 Å². The van der Waals surface area contributed by atoms with Crippen molar-refractivity contribution < 1.29 is 0 Å². The van der Waals surface area contributed by atoms with Gasteiger partial charge in [0, 0.05) is 13.1 Å². The molecule has 0 unspecified atom stereocenters. The molecule has 0 amide bonds. The fraction of sp³-hybridized carbons (Fsp3) is 0.909. The van der Waals surface area contributed by atoms with Crippen molar-refractivity contribution in [3.63, 3.8) is 0 Å². The van der Waals surface area contributed by atoms with Gasteiger partial charge in [-0.3, -0.25) is 4.99 Å². The zero-order valence-corrected chi connectivity index (χ0v) is 10.5. The minimum Gasteiger partial charge on any atom is -0.370 e. The van der Waals surface area contributed by atoms with Crippen LogP contribution in [0.5, 0.6) is 0 Å². The summed E-state index contributed by atoms with van der Waals surface area (Å²) in [6.45, 7) is 1.88. The lowest BCUT2D eigenvalue weighted by atomic mass is 9.86. The SMILES string of the molecule is CSCCCCNC(N)=NCC1CCC1. The Labute approximate surface area is 97.3 Å². The summed E-state index contributed by atoms with van der Waals surface area (Å²) in [5.41, 5.74) is 5.75. The van der Waals surface area contributed by atoms with Gasteiger partial charge in [-0.1, -0.05) is 6.42 Å². The molecule has 0 bridgehead atoms. The molecule has 1 saturated carbocycles. The van der Waals surface area contributed by atoms with E-state index in [1.54, 1.807) is 0 Å². The van der Waals surface area contributed by atoms with Crippen molar-refractivity contribution in [2.45, 2.75) is 32.1 Å². The topological polar surface area (TPSA) is 50.4 Å². The summed E-state index contributed by atoms with van der Waals surface area (Å²) < 4.78 is 0. The molecule has 0 atom stereocenters. The molecule has 0 saturated heterocycles. The van der Waals surface area contributed by atoms with Gasteiger partial charge >= 0.3 is 0 Å². The van der Waals surface area contributed by atoms with Gasteiger partial charge in [0.2, 0.25) is 0 Å². The maximum atomic E-state index is 5.75. The van der Waals surface area contributed by atoms with E-state index in [0.29, 0.717) is 5.96 Å². The molecule has 0 aromatic carbocycles. The van der Waals surface area contributed by atoms with Crippen LogP contribution in [0.1, 0.15) is 32.1 Å². The monoisotopic (exact) mass is 229 g/mol. The molecule has 0 aromatic rings. The highest BCUT2D eigenvalue weighted by molar-refractivity contribution is 7.98. The molecular weight excluding hydrogens is 206 g/mol. The number of thioether (sulfide) groups is 1. The second kappa shape index (κ2) is 7.85. The number of nitrogens with zero attached hydrogens (tertiary/aromatic N) is 1. The highest BCUT2D eigenvalue weighted by atomic mass is 32.2. The summed E-state index contributed by atoms with van der Waals surface area (Å²) in [6, 6.07) is 0. The zero-order valence-electron chi connectivity index (χ0n) is 9.67. The second-order valence-corrected chi connectivity index (χ2v) is 5.14. The molecule has 0 spiro atoms. The summed E-state index contributed by atoms with van der Waals surface area (Å²) in [4.78, 5) is 4.34. The van der Waals surface area contributed by atoms with E-state index >= 15 is 0 Å². The molecule has 1 aliphatic rings. The Hall–Kier alpha value is -0.380. The lowest BCUT2D eigenvalue weighted by molar-refractivity contribution is 0.326. The van der Waals surface area contributed by atoms with Crippen molar-refractivity contribution >= 4 is 17.7 Å². The molecule has 0 radical (unpaired) electrons. The first-order valence-corrected chi connectivity index (χ1v) is 7.25. The van der Waals surface area contributed by atoms with E-state index in [1.165, 1.54) is 37.9 Å². The predicted molar refractivity (Wildman–Crippen MR) is 69.4 cm³/mol. The molecule has 0 aliphatic heterocycles. The maximum absolute atomic E-state index is 5.75. The van der Waals surface area contributed by atoms with Gasteiger partial charge in [-0.25, -0.2) is 0 Å². The number of unbranched alkanes of at least 4 members (excludes halogenated alkanes) is 1. The molecule has 0 heterocycles. The Kier molecular flexibility index (Phi) is 6.64. The van der Waals surface area contributed by atoms with Crippen molar-refractivity contribution in [3.05, 3.63) is 0 Å². The minimum absolute atomic E-state index is 0.631. The molecule has 1 rings (SSSR count). The van der Waals surface area contributed by atoms with Gasteiger partial charge in [-0.15, -0.1) is 0 Å². The number of nitrogens with two attached hydrogens (primary N) is 1. The van der Waals surface area contributed by atoms with Gasteiger partial charge < -0.3 is 11.1 Å². The van der Waals surface area contributed by atoms with Gasteiger partial charge in [0.25, 0.3) is 0 Å². The average Bonchev–Trinajstić information content (AvgIpc) is 2.15. The summed E-state index contributed by atoms with van der Waals surface area (Å²) in [7, 11) is 0. The molecule has 3 nitrogen and oxygen atoms in total. The summed E-state index contributed by atoms with van der Waals surface area (Å²) in [6.07, 6.45) is 8.63. The van der Waals surface area contributed by atoms with Crippen LogP contribution in [-0.4, -0.2) is 31.1 Å². The highest BCUT2D eigenvalue weighted by Gasteiger charge is 2.16. The van der Waals surface area contributed by atoms with Gasteiger partial charge in [0.05, 0.1) is 0 Å². The van der Waals surface area contributed by atoms with Crippen LogP contribution in [0.3, 0.4) is 0 Å². The third kappa shape index (κ3) is 5.92. The van der Waals surface area contributed by atoms with Crippen LogP contribution < -0.4 is 11.1 Å². The summed E-state index contributed by atoms with van der Waals surface area (Å²) >= 11 is 1.90. The Morgan fingerprint density at radius 1 is 1.47 bits per heavy atom.